The Bertz CT molecular complexity index is 575. The van der Waals surface area contributed by atoms with Gasteiger partial charge in [-0.2, -0.15) is 4.98 Å². The molecule has 1 saturated heterocycles. The number of rotatable bonds is 3. The maximum absolute atomic E-state index is 12.8. The predicted octanol–water partition coefficient (Wildman–Crippen LogP) is 2.59. The first-order valence-electron chi connectivity index (χ1n) is 9.08. The lowest BCUT2D eigenvalue weighted by Gasteiger charge is -2.35. The molecule has 6 nitrogen and oxygen atoms in total. The first-order valence-corrected chi connectivity index (χ1v) is 9.08. The SMILES string of the molecule is Cl.NC1CCCC(C(=O)N2CCCC(c3noc(C4CC4)n3)C2)C1. The quantitative estimate of drug-likeness (QED) is 0.901. The number of amides is 1. The molecule has 0 spiro atoms. The van der Waals surface area contributed by atoms with Gasteiger partial charge < -0.3 is 15.2 Å². The Morgan fingerprint density at radius 3 is 2.71 bits per heavy atom. The summed E-state index contributed by atoms with van der Waals surface area (Å²) in [5.74, 6) is 2.70. The van der Waals surface area contributed by atoms with Gasteiger partial charge in [-0.05, 0) is 44.9 Å². The topological polar surface area (TPSA) is 85.3 Å². The zero-order chi connectivity index (χ0) is 15.8. The summed E-state index contributed by atoms with van der Waals surface area (Å²) in [5.41, 5.74) is 6.04. The van der Waals surface area contributed by atoms with Gasteiger partial charge in [-0.1, -0.05) is 11.6 Å². The lowest BCUT2D eigenvalue weighted by Crippen LogP contribution is -2.45. The Morgan fingerprint density at radius 1 is 1.12 bits per heavy atom. The molecule has 3 fully saturated rings. The number of aromatic nitrogens is 2. The molecule has 2 heterocycles. The third-order valence-corrected chi connectivity index (χ3v) is 5.55. The van der Waals surface area contributed by atoms with Crippen LogP contribution in [0.15, 0.2) is 4.52 Å². The molecule has 2 N–H and O–H groups in total. The van der Waals surface area contributed by atoms with Crippen LogP contribution in [0.4, 0.5) is 0 Å². The first kappa shape index (κ1) is 17.7. The fourth-order valence-corrected chi connectivity index (χ4v) is 4.01. The number of nitrogens with zero attached hydrogens (tertiary/aromatic N) is 3. The van der Waals surface area contributed by atoms with Crippen molar-refractivity contribution in [3.8, 4) is 0 Å². The molecule has 3 atom stereocenters. The van der Waals surface area contributed by atoms with Crippen molar-refractivity contribution in [3.63, 3.8) is 0 Å². The minimum Gasteiger partial charge on any atom is -0.342 e. The van der Waals surface area contributed by atoms with Crippen molar-refractivity contribution < 1.29 is 9.32 Å². The van der Waals surface area contributed by atoms with Crippen LogP contribution >= 0.6 is 12.4 Å². The van der Waals surface area contributed by atoms with Crippen LogP contribution in [0.25, 0.3) is 0 Å². The van der Waals surface area contributed by atoms with E-state index in [4.69, 9.17) is 10.3 Å². The van der Waals surface area contributed by atoms with Gasteiger partial charge in [-0.15, -0.1) is 12.4 Å². The maximum atomic E-state index is 12.8. The summed E-state index contributed by atoms with van der Waals surface area (Å²) in [4.78, 5) is 19.4. The number of nitrogens with two attached hydrogens (primary N) is 1. The van der Waals surface area contributed by atoms with E-state index in [1.807, 2.05) is 4.90 Å². The third-order valence-electron chi connectivity index (χ3n) is 5.55. The van der Waals surface area contributed by atoms with Gasteiger partial charge in [0.15, 0.2) is 5.82 Å². The van der Waals surface area contributed by atoms with Gasteiger partial charge in [0, 0.05) is 36.9 Å². The van der Waals surface area contributed by atoms with Crippen LogP contribution in [-0.2, 0) is 4.79 Å². The lowest BCUT2D eigenvalue weighted by molar-refractivity contribution is -0.138. The van der Waals surface area contributed by atoms with Gasteiger partial charge >= 0.3 is 0 Å². The third kappa shape index (κ3) is 3.75. The zero-order valence-electron chi connectivity index (χ0n) is 14.0. The molecule has 0 bridgehead atoms. The van der Waals surface area contributed by atoms with Crippen molar-refractivity contribution in [2.45, 2.75) is 69.2 Å². The largest absolute Gasteiger partial charge is 0.342 e. The number of piperidine rings is 1. The number of likely N-dealkylation sites (tertiary alicyclic amines) is 1. The standard InChI is InChI=1S/C17H26N4O2.ClH/c18-14-5-1-3-12(9-14)17(22)21-8-2-4-13(10-21)15-19-16(23-20-15)11-6-7-11;/h11-14H,1-10,18H2;1H. The number of carbonyl (C=O) groups excluding carboxylic acids is 1. The van der Waals surface area contributed by atoms with E-state index in [9.17, 15) is 4.79 Å². The number of hydrogen-bond donors (Lipinski definition) is 1. The summed E-state index contributed by atoms with van der Waals surface area (Å²) < 4.78 is 5.39. The van der Waals surface area contributed by atoms with E-state index < -0.39 is 0 Å². The van der Waals surface area contributed by atoms with Gasteiger partial charge in [0.2, 0.25) is 11.8 Å². The predicted molar refractivity (Wildman–Crippen MR) is 92.0 cm³/mol. The second-order valence-corrected chi connectivity index (χ2v) is 7.51. The summed E-state index contributed by atoms with van der Waals surface area (Å²) in [6, 6.07) is 0.191. The summed E-state index contributed by atoms with van der Waals surface area (Å²) in [6.45, 7) is 1.59. The monoisotopic (exact) mass is 354 g/mol. The summed E-state index contributed by atoms with van der Waals surface area (Å²) in [7, 11) is 0. The average molecular weight is 355 g/mol. The van der Waals surface area contributed by atoms with E-state index in [1.54, 1.807) is 0 Å². The van der Waals surface area contributed by atoms with Crippen LogP contribution in [0.5, 0.6) is 0 Å². The van der Waals surface area contributed by atoms with Crippen molar-refractivity contribution in [3.05, 3.63) is 11.7 Å². The van der Waals surface area contributed by atoms with E-state index in [0.29, 0.717) is 5.92 Å². The molecule has 0 radical (unpaired) electrons. The molecule has 4 rings (SSSR count). The smallest absolute Gasteiger partial charge is 0.229 e. The van der Waals surface area contributed by atoms with Crippen molar-refractivity contribution in [2.75, 3.05) is 13.1 Å². The number of hydrogen-bond acceptors (Lipinski definition) is 5. The second-order valence-electron chi connectivity index (χ2n) is 7.51. The molecular formula is C17H27ClN4O2. The highest BCUT2D eigenvalue weighted by molar-refractivity contribution is 5.85. The molecule has 3 aliphatic rings. The highest BCUT2D eigenvalue weighted by Gasteiger charge is 2.35. The van der Waals surface area contributed by atoms with Crippen LogP contribution in [0.2, 0.25) is 0 Å². The Kier molecular flexibility index (Phi) is 5.45. The minimum atomic E-state index is 0. The molecule has 1 amide bonds. The van der Waals surface area contributed by atoms with Gasteiger partial charge in [0.1, 0.15) is 0 Å². The number of carbonyl (C=O) groups is 1. The lowest BCUT2D eigenvalue weighted by atomic mass is 9.84. The average Bonchev–Trinajstić information content (AvgIpc) is 3.31. The second kappa shape index (κ2) is 7.40. The van der Waals surface area contributed by atoms with Crippen LogP contribution in [-0.4, -0.2) is 40.1 Å². The Balaban J connectivity index is 0.00000169. The highest BCUT2D eigenvalue weighted by Crippen LogP contribution is 2.39. The van der Waals surface area contributed by atoms with Crippen molar-refractivity contribution in [2.24, 2.45) is 11.7 Å². The fourth-order valence-electron chi connectivity index (χ4n) is 4.01. The number of halogens is 1. The molecule has 2 aliphatic carbocycles. The van der Waals surface area contributed by atoms with E-state index in [-0.39, 0.29) is 36.2 Å². The van der Waals surface area contributed by atoms with Crippen molar-refractivity contribution in [1.82, 2.24) is 15.0 Å². The van der Waals surface area contributed by atoms with Crippen LogP contribution < -0.4 is 5.73 Å². The first-order chi connectivity index (χ1) is 11.2. The Labute approximate surface area is 148 Å². The van der Waals surface area contributed by atoms with E-state index in [2.05, 4.69) is 10.1 Å². The van der Waals surface area contributed by atoms with Gasteiger partial charge in [0.05, 0.1) is 0 Å². The summed E-state index contributed by atoms with van der Waals surface area (Å²) in [5, 5.41) is 4.18. The van der Waals surface area contributed by atoms with Crippen molar-refractivity contribution in [1.29, 1.82) is 0 Å². The van der Waals surface area contributed by atoms with E-state index in [0.717, 1.165) is 63.3 Å². The summed E-state index contributed by atoms with van der Waals surface area (Å²) in [6.07, 6.45) is 8.34. The zero-order valence-corrected chi connectivity index (χ0v) is 14.8. The Hall–Kier alpha value is -1.14. The maximum Gasteiger partial charge on any atom is 0.229 e. The Morgan fingerprint density at radius 2 is 1.96 bits per heavy atom. The molecule has 1 aliphatic heterocycles. The van der Waals surface area contributed by atoms with Crippen LogP contribution in [0, 0.1) is 5.92 Å². The van der Waals surface area contributed by atoms with Crippen molar-refractivity contribution >= 4 is 18.3 Å². The molecule has 134 valence electrons. The fraction of sp³-hybridized carbons (Fsp3) is 0.824. The highest BCUT2D eigenvalue weighted by atomic mass is 35.5. The van der Waals surface area contributed by atoms with Gasteiger partial charge in [-0.25, -0.2) is 0 Å². The molecule has 1 aromatic rings. The summed E-state index contributed by atoms with van der Waals surface area (Å²) >= 11 is 0. The van der Waals surface area contributed by atoms with Crippen LogP contribution in [0.1, 0.15) is 74.9 Å². The molecule has 7 heteroatoms. The van der Waals surface area contributed by atoms with Gasteiger partial charge in [0.25, 0.3) is 0 Å². The van der Waals surface area contributed by atoms with E-state index >= 15 is 0 Å². The molecule has 2 saturated carbocycles. The molecule has 0 aromatic carbocycles. The molecule has 24 heavy (non-hydrogen) atoms. The normalized spacial score (nSPS) is 30.7. The minimum absolute atomic E-state index is 0. The van der Waals surface area contributed by atoms with Gasteiger partial charge in [-0.3, -0.25) is 4.79 Å². The van der Waals surface area contributed by atoms with E-state index in [1.165, 1.54) is 12.8 Å². The molecule has 3 unspecified atom stereocenters. The molecular weight excluding hydrogens is 328 g/mol. The molecule has 1 aromatic heterocycles. The van der Waals surface area contributed by atoms with Crippen LogP contribution in [0.3, 0.4) is 0 Å².